The Morgan fingerprint density at radius 2 is 1.95 bits per heavy atom. The number of halogens is 1. The van der Waals surface area contributed by atoms with Crippen LogP contribution in [0.15, 0.2) is 18.2 Å². The normalized spacial score (nSPS) is 17.9. The van der Waals surface area contributed by atoms with E-state index in [1.807, 2.05) is 17.9 Å². The maximum Gasteiger partial charge on any atom is 0.263 e. The summed E-state index contributed by atoms with van der Waals surface area (Å²) in [5, 5.41) is 0.704. The Kier molecular flexibility index (Phi) is 4.89. The number of rotatable bonds is 3. The number of hydrogen-bond acceptors (Lipinski definition) is 3. The minimum atomic E-state index is -0.473. The van der Waals surface area contributed by atoms with Crippen LogP contribution in [0.2, 0.25) is 5.02 Å². The highest BCUT2D eigenvalue weighted by Crippen LogP contribution is 2.22. The van der Waals surface area contributed by atoms with Crippen LogP contribution in [0.3, 0.4) is 0 Å². The first-order valence-electron chi connectivity index (χ1n) is 6.87. The van der Waals surface area contributed by atoms with E-state index in [0.29, 0.717) is 10.8 Å². The number of benzene rings is 1. The number of hydrogen-bond donors (Lipinski definition) is 0. The molecule has 0 aliphatic carbocycles. The lowest BCUT2D eigenvalue weighted by molar-refractivity contribution is -0.139. The molecule has 0 radical (unpaired) electrons. The van der Waals surface area contributed by atoms with Crippen LogP contribution in [0.1, 0.15) is 12.5 Å². The molecule has 1 atom stereocenters. The van der Waals surface area contributed by atoms with Crippen molar-refractivity contribution in [2.24, 2.45) is 0 Å². The number of carbonyl (C=O) groups excluding carboxylic acids is 1. The predicted octanol–water partition coefficient (Wildman–Crippen LogP) is 2.19. The molecule has 0 bridgehead atoms. The van der Waals surface area contributed by atoms with Gasteiger partial charge in [-0.1, -0.05) is 11.6 Å². The van der Waals surface area contributed by atoms with Crippen LogP contribution in [0.4, 0.5) is 0 Å². The van der Waals surface area contributed by atoms with Crippen molar-refractivity contribution in [1.29, 1.82) is 0 Å². The number of ether oxygens (including phenoxy) is 1. The standard InChI is InChI=1S/C15H21ClN2O2/c1-11-10-13(4-5-14(11)16)20-12(2)15(19)18-8-6-17(3)7-9-18/h4-5,10,12H,6-9H2,1-3H3. The van der Waals surface area contributed by atoms with Gasteiger partial charge in [0.05, 0.1) is 0 Å². The summed E-state index contributed by atoms with van der Waals surface area (Å²) in [4.78, 5) is 16.4. The summed E-state index contributed by atoms with van der Waals surface area (Å²) in [6.07, 6.45) is -0.473. The van der Waals surface area contributed by atoms with Gasteiger partial charge in [-0.25, -0.2) is 0 Å². The van der Waals surface area contributed by atoms with Gasteiger partial charge in [0.1, 0.15) is 5.75 Å². The molecule has 1 aliphatic heterocycles. The van der Waals surface area contributed by atoms with Gasteiger partial charge in [-0.3, -0.25) is 4.79 Å². The summed E-state index contributed by atoms with van der Waals surface area (Å²) in [6, 6.07) is 5.44. The van der Waals surface area contributed by atoms with E-state index < -0.39 is 6.10 Å². The van der Waals surface area contributed by atoms with Gasteiger partial charge in [0.25, 0.3) is 5.91 Å². The molecular formula is C15H21ClN2O2. The number of likely N-dealkylation sites (N-methyl/N-ethyl adjacent to an activating group) is 1. The summed E-state index contributed by atoms with van der Waals surface area (Å²) in [7, 11) is 2.07. The van der Waals surface area contributed by atoms with Crippen LogP contribution in [0, 0.1) is 6.92 Å². The van der Waals surface area contributed by atoms with Gasteiger partial charge in [0, 0.05) is 31.2 Å². The van der Waals surface area contributed by atoms with E-state index in [9.17, 15) is 4.79 Å². The highest BCUT2D eigenvalue weighted by atomic mass is 35.5. The van der Waals surface area contributed by atoms with Crippen LogP contribution >= 0.6 is 11.6 Å². The van der Waals surface area contributed by atoms with Crippen LogP contribution < -0.4 is 4.74 Å². The van der Waals surface area contributed by atoms with Gasteiger partial charge in [-0.15, -0.1) is 0 Å². The predicted molar refractivity (Wildman–Crippen MR) is 80.4 cm³/mol. The Morgan fingerprint density at radius 3 is 2.55 bits per heavy atom. The maximum atomic E-state index is 12.3. The fourth-order valence-electron chi connectivity index (χ4n) is 2.23. The average molecular weight is 297 g/mol. The molecule has 0 aromatic heterocycles. The van der Waals surface area contributed by atoms with Gasteiger partial charge < -0.3 is 14.5 Å². The molecule has 1 aromatic carbocycles. The van der Waals surface area contributed by atoms with Crippen LogP contribution in [-0.4, -0.2) is 55.0 Å². The number of aryl methyl sites for hydroxylation is 1. The lowest BCUT2D eigenvalue weighted by atomic mass is 10.2. The van der Waals surface area contributed by atoms with Crippen molar-refractivity contribution in [3.63, 3.8) is 0 Å². The number of amides is 1. The third-order valence-electron chi connectivity index (χ3n) is 3.60. The second-order valence-corrected chi connectivity index (χ2v) is 5.71. The maximum absolute atomic E-state index is 12.3. The third kappa shape index (κ3) is 3.64. The highest BCUT2D eigenvalue weighted by molar-refractivity contribution is 6.31. The quantitative estimate of drug-likeness (QED) is 0.857. The molecule has 1 unspecified atom stereocenters. The van der Waals surface area contributed by atoms with Crippen LogP contribution in [0.5, 0.6) is 5.75 Å². The van der Waals surface area contributed by atoms with Crippen molar-refractivity contribution < 1.29 is 9.53 Å². The molecule has 1 saturated heterocycles. The van der Waals surface area contributed by atoms with Crippen LogP contribution in [-0.2, 0) is 4.79 Å². The number of nitrogens with zero attached hydrogens (tertiary/aromatic N) is 2. The average Bonchev–Trinajstić information content (AvgIpc) is 2.43. The first-order chi connectivity index (χ1) is 9.47. The fourth-order valence-corrected chi connectivity index (χ4v) is 2.35. The van der Waals surface area contributed by atoms with Crippen molar-refractivity contribution in [1.82, 2.24) is 9.80 Å². The first-order valence-corrected chi connectivity index (χ1v) is 7.25. The van der Waals surface area contributed by atoms with Gasteiger partial charge in [-0.2, -0.15) is 0 Å². The summed E-state index contributed by atoms with van der Waals surface area (Å²) in [6.45, 7) is 7.08. The first kappa shape index (κ1) is 15.1. The summed E-state index contributed by atoms with van der Waals surface area (Å²) >= 11 is 5.98. The minimum Gasteiger partial charge on any atom is -0.481 e. The number of carbonyl (C=O) groups is 1. The zero-order valence-corrected chi connectivity index (χ0v) is 13.0. The fraction of sp³-hybridized carbons (Fsp3) is 0.533. The van der Waals surface area contributed by atoms with Gasteiger partial charge in [-0.05, 0) is 44.7 Å². The topological polar surface area (TPSA) is 32.8 Å². The molecule has 1 heterocycles. The van der Waals surface area contributed by atoms with E-state index in [2.05, 4.69) is 11.9 Å². The molecule has 1 fully saturated rings. The summed E-state index contributed by atoms with van der Waals surface area (Å²) in [5.74, 6) is 0.729. The molecule has 110 valence electrons. The van der Waals surface area contributed by atoms with E-state index in [0.717, 1.165) is 31.7 Å². The Morgan fingerprint density at radius 1 is 1.30 bits per heavy atom. The van der Waals surface area contributed by atoms with Crippen LogP contribution in [0.25, 0.3) is 0 Å². The molecule has 1 amide bonds. The highest BCUT2D eigenvalue weighted by Gasteiger charge is 2.24. The zero-order chi connectivity index (χ0) is 14.7. The Labute approximate surface area is 125 Å². The molecular weight excluding hydrogens is 276 g/mol. The molecule has 0 saturated carbocycles. The largest absolute Gasteiger partial charge is 0.481 e. The molecule has 0 spiro atoms. The van der Waals surface area contributed by atoms with Crippen molar-refractivity contribution in [3.8, 4) is 5.75 Å². The molecule has 2 rings (SSSR count). The molecule has 0 N–H and O–H groups in total. The summed E-state index contributed by atoms with van der Waals surface area (Å²) in [5.41, 5.74) is 0.948. The third-order valence-corrected chi connectivity index (χ3v) is 4.03. The van der Waals surface area contributed by atoms with E-state index in [1.54, 1.807) is 19.1 Å². The summed E-state index contributed by atoms with van der Waals surface area (Å²) < 4.78 is 5.73. The van der Waals surface area contributed by atoms with E-state index in [4.69, 9.17) is 16.3 Å². The lowest BCUT2D eigenvalue weighted by Crippen LogP contribution is -2.50. The van der Waals surface area contributed by atoms with Crippen molar-refractivity contribution in [3.05, 3.63) is 28.8 Å². The van der Waals surface area contributed by atoms with Crippen molar-refractivity contribution in [2.45, 2.75) is 20.0 Å². The van der Waals surface area contributed by atoms with E-state index in [-0.39, 0.29) is 5.91 Å². The molecule has 1 aliphatic rings. The molecule has 4 nitrogen and oxygen atoms in total. The van der Waals surface area contributed by atoms with Crippen molar-refractivity contribution in [2.75, 3.05) is 33.2 Å². The monoisotopic (exact) mass is 296 g/mol. The lowest BCUT2D eigenvalue weighted by Gasteiger charge is -2.33. The minimum absolute atomic E-state index is 0.0469. The number of piperazine rings is 1. The molecule has 20 heavy (non-hydrogen) atoms. The van der Waals surface area contributed by atoms with E-state index in [1.165, 1.54) is 0 Å². The van der Waals surface area contributed by atoms with Gasteiger partial charge in [0.2, 0.25) is 0 Å². The van der Waals surface area contributed by atoms with Crippen molar-refractivity contribution >= 4 is 17.5 Å². The molecule has 5 heteroatoms. The van der Waals surface area contributed by atoms with Gasteiger partial charge in [0.15, 0.2) is 6.10 Å². The second kappa shape index (κ2) is 6.46. The SMILES string of the molecule is Cc1cc(OC(C)C(=O)N2CCN(C)CC2)ccc1Cl. The molecule has 1 aromatic rings. The zero-order valence-electron chi connectivity index (χ0n) is 12.2. The second-order valence-electron chi connectivity index (χ2n) is 5.30. The van der Waals surface area contributed by atoms with E-state index >= 15 is 0 Å². The Hall–Kier alpha value is -1.26. The Bertz CT molecular complexity index is 485. The van der Waals surface area contributed by atoms with Gasteiger partial charge >= 0.3 is 0 Å². The Balaban J connectivity index is 1.95. The smallest absolute Gasteiger partial charge is 0.263 e.